The lowest BCUT2D eigenvalue weighted by atomic mass is 10.1. The fraction of sp³-hybridized carbons (Fsp3) is 0.360. The highest BCUT2D eigenvalue weighted by molar-refractivity contribution is 5.90. The highest BCUT2D eigenvalue weighted by Gasteiger charge is 2.19. The molecule has 0 aliphatic carbocycles. The summed E-state index contributed by atoms with van der Waals surface area (Å²) < 4.78 is 19.3. The van der Waals surface area contributed by atoms with Crippen LogP contribution in [0.5, 0.6) is 5.88 Å². The zero-order chi connectivity index (χ0) is 21.8. The van der Waals surface area contributed by atoms with E-state index < -0.39 is 0 Å². The van der Waals surface area contributed by atoms with Gasteiger partial charge in [0.15, 0.2) is 0 Å². The molecule has 6 nitrogen and oxygen atoms in total. The van der Waals surface area contributed by atoms with Gasteiger partial charge in [0.2, 0.25) is 5.88 Å². The summed E-state index contributed by atoms with van der Waals surface area (Å²) in [6, 6.07) is 11.5. The molecule has 1 fully saturated rings. The van der Waals surface area contributed by atoms with Crippen LogP contribution in [0.15, 0.2) is 48.7 Å². The monoisotopic (exact) mass is 433 g/mol. The maximum absolute atomic E-state index is 13.5. The van der Waals surface area contributed by atoms with Crippen LogP contribution < -0.4 is 15.0 Å². The van der Waals surface area contributed by atoms with Gasteiger partial charge in [-0.2, -0.15) is 4.98 Å². The lowest BCUT2D eigenvalue weighted by Gasteiger charge is -2.36. The Bertz CT molecular complexity index is 1110. The second-order valence-electron chi connectivity index (χ2n) is 8.26. The van der Waals surface area contributed by atoms with Crippen LogP contribution >= 0.6 is 0 Å². The molecule has 4 heterocycles. The van der Waals surface area contributed by atoms with Crippen LogP contribution in [-0.4, -0.2) is 60.7 Å². The lowest BCUT2D eigenvalue weighted by molar-refractivity contribution is 0.237. The minimum Gasteiger partial charge on any atom is -0.478 e. The van der Waals surface area contributed by atoms with Crippen LogP contribution in [0.3, 0.4) is 0 Å². The standard InChI is InChI=1S/C25H28FN5O/c26-21-17-20-5-3-7-22(24(20)28-18-21)31-14-12-30(13-15-31)11-1-2-16-32-23-9-8-19-6-4-10-27-25(19)29-23/h3-9,17-18H,1-2,10-16H2,(H,27,29). The number of halogens is 1. The molecule has 32 heavy (non-hydrogen) atoms. The zero-order valence-electron chi connectivity index (χ0n) is 18.1. The average Bonchev–Trinajstić information content (AvgIpc) is 2.83. The van der Waals surface area contributed by atoms with E-state index in [0.717, 1.165) is 80.1 Å². The van der Waals surface area contributed by atoms with Gasteiger partial charge in [0.1, 0.15) is 11.6 Å². The normalized spacial score (nSPS) is 16.1. The van der Waals surface area contributed by atoms with Crippen molar-refractivity contribution in [3.63, 3.8) is 0 Å². The van der Waals surface area contributed by atoms with Crippen molar-refractivity contribution in [2.24, 2.45) is 0 Å². The van der Waals surface area contributed by atoms with Crippen molar-refractivity contribution in [3.8, 4) is 5.88 Å². The van der Waals surface area contributed by atoms with Gasteiger partial charge in [0.05, 0.1) is 24.0 Å². The number of para-hydroxylation sites is 1. The summed E-state index contributed by atoms with van der Waals surface area (Å²) in [5, 5.41) is 4.12. The van der Waals surface area contributed by atoms with Gasteiger partial charge in [-0.3, -0.25) is 9.88 Å². The van der Waals surface area contributed by atoms with Gasteiger partial charge in [-0.25, -0.2) is 4.39 Å². The number of pyridine rings is 2. The van der Waals surface area contributed by atoms with Gasteiger partial charge in [-0.1, -0.05) is 24.3 Å². The zero-order valence-corrected chi connectivity index (χ0v) is 18.1. The molecule has 0 bridgehead atoms. The van der Waals surface area contributed by atoms with Gasteiger partial charge in [-0.15, -0.1) is 0 Å². The molecule has 5 rings (SSSR count). The van der Waals surface area contributed by atoms with E-state index in [1.165, 1.54) is 6.20 Å². The van der Waals surface area contributed by atoms with E-state index in [4.69, 9.17) is 4.74 Å². The predicted molar refractivity (Wildman–Crippen MR) is 127 cm³/mol. The van der Waals surface area contributed by atoms with E-state index >= 15 is 0 Å². The highest BCUT2D eigenvalue weighted by atomic mass is 19.1. The van der Waals surface area contributed by atoms with Crippen LogP contribution in [0.4, 0.5) is 15.9 Å². The Morgan fingerprint density at radius 3 is 2.88 bits per heavy atom. The molecular weight excluding hydrogens is 405 g/mol. The third-order valence-corrected chi connectivity index (χ3v) is 6.07. The van der Waals surface area contributed by atoms with Crippen molar-refractivity contribution >= 4 is 28.5 Å². The number of piperazine rings is 1. The lowest BCUT2D eigenvalue weighted by Crippen LogP contribution is -2.46. The number of unbranched alkanes of at least 4 members (excludes halogenated alkanes) is 1. The van der Waals surface area contributed by atoms with E-state index in [1.54, 1.807) is 6.07 Å². The van der Waals surface area contributed by atoms with Crippen molar-refractivity contribution in [1.29, 1.82) is 0 Å². The first-order valence-corrected chi connectivity index (χ1v) is 11.3. The van der Waals surface area contributed by atoms with Crippen LogP contribution in [0, 0.1) is 5.82 Å². The van der Waals surface area contributed by atoms with Crippen molar-refractivity contribution in [2.45, 2.75) is 12.8 Å². The number of nitrogens with zero attached hydrogens (tertiary/aromatic N) is 4. The van der Waals surface area contributed by atoms with E-state index in [1.807, 2.05) is 24.3 Å². The number of ether oxygens (including phenoxy) is 1. The quantitative estimate of drug-likeness (QED) is 0.564. The maximum atomic E-state index is 13.5. The Kier molecular flexibility index (Phi) is 6.16. The fourth-order valence-corrected chi connectivity index (χ4v) is 4.35. The van der Waals surface area contributed by atoms with E-state index in [0.29, 0.717) is 12.5 Å². The first-order valence-electron chi connectivity index (χ1n) is 11.3. The summed E-state index contributed by atoms with van der Waals surface area (Å²) in [7, 11) is 0. The number of aromatic nitrogens is 2. The average molecular weight is 434 g/mol. The number of hydrogen-bond acceptors (Lipinski definition) is 6. The van der Waals surface area contributed by atoms with Crippen LogP contribution in [0.2, 0.25) is 0 Å². The van der Waals surface area contributed by atoms with E-state index in [2.05, 4.69) is 43.3 Å². The molecule has 7 heteroatoms. The first kappa shape index (κ1) is 20.7. The second kappa shape index (κ2) is 9.53. The number of nitrogens with one attached hydrogen (secondary N) is 1. The molecule has 0 saturated carbocycles. The van der Waals surface area contributed by atoms with E-state index in [9.17, 15) is 4.39 Å². The Morgan fingerprint density at radius 1 is 1.06 bits per heavy atom. The summed E-state index contributed by atoms with van der Waals surface area (Å²) in [6.07, 6.45) is 7.58. The molecule has 1 N–H and O–H groups in total. The summed E-state index contributed by atoms with van der Waals surface area (Å²) in [5.41, 5.74) is 3.08. The molecule has 2 aromatic heterocycles. The topological polar surface area (TPSA) is 53.5 Å². The molecule has 0 unspecified atom stereocenters. The first-order chi connectivity index (χ1) is 15.8. The molecular formula is C25H28FN5O. The van der Waals surface area contributed by atoms with Crippen molar-refractivity contribution in [1.82, 2.24) is 14.9 Å². The fourth-order valence-electron chi connectivity index (χ4n) is 4.35. The van der Waals surface area contributed by atoms with Gasteiger partial charge in [0, 0.05) is 49.7 Å². The number of anilines is 2. The molecule has 0 spiro atoms. The Balaban J connectivity index is 1.05. The molecule has 2 aliphatic rings. The summed E-state index contributed by atoms with van der Waals surface area (Å²) in [4.78, 5) is 13.7. The summed E-state index contributed by atoms with van der Waals surface area (Å²) in [5.74, 6) is 1.29. The highest BCUT2D eigenvalue weighted by Crippen LogP contribution is 2.26. The van der Waals surface area contributed by atoms with Crippen molar-refractivity contribution in [2.75, 3.05) is 56.1 Å². The molecule has 0 atom stereocenters. The molecule has 0 radical (unpaired) electrons. The molecule has 2 aliphatic heterocycles. The number of hydrogen-bond donors (Lipinski definition) is 1. The number of rotatable bonds is 7. The van der Waals surface area contributed by atoms with Crippen molar-refractivity contribution in [3.05, 3.63) is 60.1 Å². The molecule has 1 aromatic carbocycles. The SMILES string of the molecule is Fc1cnc2c(N3CCN(CCCCOc4ccc5c(n4)NCC=C5)CC3)cccc2c1. The van der Waals surface area contributed by atoms with Crippen LogP contribution in [0.25, 0.3) is 17.0 Å². The van der Waals surface area contributed by atoms with Crippen LogP contribution in [0.1, 0.15) is 18.4 Å². The second-order valence-corrected chi connectivity index (χ2v) is 8.26. The van der Waals surface area contributed by atoms with E-state index in [-0.39, 0.29) is 5.82 Å². The van der Waals surface area contributed by atoms with Gasteiger partial charge in [0.25, 0.3) is 0 Å². The molecule has 1 saturated heterocycles. The Hall–Kier alpha value is -3.19. The van der Waals surface area contributed by atoms with Gasteiger partial charge in [-0.05, 0) is 37.6 Å². The molecule has 3 aromatic rings. The van der Waals surface area contributed by atoms with Gasteiger partial charge >= 0.3 is 0 Å². The number of fused-ring (bicyclic) bond motifs is 2. The van der Waals surface area contributed by atoms with Gasteiger partial charge < -0.3 is 15.0 Å². The predicted octanol–water partition coefficient (Wildman–Crippen LogP) is 4.19. The summed E-state index contributed by atoms with van der Waals surface area (Å²) >= 11 is 0. The summed E-state index contributed by atoms with van der Waals surface area (Å²) in [6.45, 7) is 6.50. The minimum atomic E-state index is -0.292. The minimum absolute atomic E-state index is 0.292. The Morgan fingerprint density at radius 2 is 1.97 bits per heavy atom. The Labute approximate surface area is 187 Å². The smallest absolute Gasteiger partial charge is 0.215 e. The molecule has 166 valence electrons. The van der Waals surface area contributed by atoms with Crippen LogP contribution in [-0.2, 0) is 0 Å². The molecule has 0 amide bonds. The largest absolute Gasteiger partial charge is 0.478 e. The third-order valence-electron chi connectivity index (χ3n) is 6.07. The maximum Gasteiger partial charge on any atom is 0.215 e. The third kappa shape index (κ3) is 4.67. The number of benzene rings is 1. The van der Waals surface area contributed by atoms with Crippen molar-refractivity contribution < 1.29 is 9.13 Å².